The predicted molar refractivity (Wildman–Crippen MR) is 95.1 cm³/mol. The average Bonchev–Trinajstić information content (AvgIpc) is 2.67. The van der Waals surface area contributed by atoms with E-state index in [0.717, 1.165) is 0 Å². The van der Waals surface area contributed by atoms with Crippen molar-refractivity contribution in [2.75, 3.05) is 61.0 Å². The molecule has 0 aromatic rings. The van der Waals surface area contributed by atoms with Crippen molar-refractivity contribution in [3.8, 4) is 0 Å². The Labute approximate surface area is 160 Å². The van der Waals surface area contributed by atoms with E-state index in [-0.39, 0.29) is 62.4 Å². The second-order valence-corrected chi connectivity index (χ2v) is 6.26. The highest BCUT2D eigenvalue weighted by Gasteiger charge is 2.25. The van der Waals surface area contributed by atoms with E-state index in [4.69, 9.17) is 14.2 Å². The van der Waals surface area contributed by atoms with Crippen LogP contribution >= 0.6 is 0 Å². The summed E-state index contributed by atoms with van der Waals surface area (Å²) in [4.78, 5) is 33.3. The molecule has 0 aromatic heterocycles. The molecule has 0 atom stereocenters. The predicted octanol–water partition coefficient (Wildman–Crippen LogP) is 1.12. The molecule has 9 nitrogen and oxygen atoms in total. The van der Waals surface area contributed by atoms with Gasteiger partial charge in [0, 0.05) is 12.0 Å². The Bertz CT molecular complexity index is 413. The molecule has 0 amide bonds. The molecule has 0 N–H and O–H groups in total. The lowest BCUT2D eigenvalue weighted by molar-refractivity contribution is -0.143. The van der Waals surface area contributed by atoms with Crippen LogP contribution in [0.2, 0.25) is 0 Å². The van der Waals surface area contributed by atoms with Gasteiger partial charge < -0.3 is 28.4 Å². The highest BCUT2D eigenvalue weighted by Crippen LogP contribution is 2.23. The molecule has 0 aliphatic heterocycles. The van der Waals surface area contributed by atoms with Crippen molar-refractivity contribution in [2.24, 2.45) is 5.41 Å². The van der Waals surface area contributed by atoms with E-state index in [0.29, 0.717) is 26.2 Å². The van der Waals surface area contributed by atoms with Crippen LogP contribution < -0.4 is 0 Å². The smallest absolute Gasteiger partial charge is 0.307 e. The van der Waals surface area contributed by atoms with Crippen LogP contribution in [-0.2, 0) is 42.8 Å². The Hall–Kier alpha value is -1.71. The van der Waals surface area contributed by atoms with Gasteiger partial charge in [-0.3, -0.25) is 14.4 Å². The lowest BCUT2D eigenvalue weighted by Crippen LogP contribution is -2.31. The fraction of sp³-hybridized carbons (Fsp3) is 0.833. The Balaban J connectivity index is 4.29. The average molecular weight is 392 g/mol. The highest BCUT2D eigenvalue weighted by molar-refractivity contribution is 5.69. The molecule has 0 fully saturated rings. The molecule has 0 saturated heterocycles. The third kappa shape index (κ3) is 14.1. The summed E-state index contributed by atoms with van der Waals surface area (Å²) in [5, 5.41) is 0. The maximum atomic E-state index is 11.1. The SMILES string of the molecule is COC(=O)CCOCCC(C)(COCCC(=O)OC)COCCC(=O)OC. The van der Waals surface area contributed by atoms with Crippen LogP contribution in [0.15, 0.2) is 0 Å². The fourth-order valence-corrected chi connectivity index (χ4v) is 2.02. The quantitative estimate of drug-likeness (QED) is 0.217. The standard InChI is InChI=1S/C18H32O9/c1-18(13-26-10-6-16(20)23-3,14-27-11-7-17(21)24-4)8-12-25-9-5-15(19)22-2/h5-14H2,1-4H3. The van der Waals surface area contributed by atoms with Gasteiger partial charge >= 0.3 is 17.9 Å². The monoisotopic (exact) mass is 392 g/mol. The van der Waals surface area contributed by atoms with Crippen LogP contribution in [0.1, 0.15) is 32.6 Å². The van der Waals surface area contributed by atoms with E-state index in [9.17, 15) is 14.4 Å². The first kappa shape index (κ1) is 25.3. The van der Waals surface area contributed by atoms with Crippen LogP contribution in [0.25, 0.3) is 0 Å². The number of hydrogen-bond acceptors (Lipinski definition) is 9. The van der Waals surface area contributed by atoms with Crippen LogP contribution in [0.4, 0.5) is 0 Å². The van der Waals surface area contributed by atoms with Gasteiger partial charge in [-0.05, 0) is 6.42 Å². The summed E-state index contributed by atoms with van der Waals surface area (Å²) in [5.74, 6) is -0.996. The molecule has 0 aliphatic carbocycles. The molecular formula is C18H32O9. The van der Waals surface area contributed by atoms with E-state index in [1.165, 1.54) is 21.3 Å². The summed E-state index contributed by atoms with van der Waals surface area (Å²) in [6, 6.07) is 0. The molecule has 0 saturated carbocycles. The molecule has 0 unspecified atom stereocenters. The van der Waals surface area contributed by atoms with Gasteiger partial charge in [0.2, 0.25) is 0 Å². The molecule has 9 heteroatoms. The van der Waals surface area contributed by atoms with E-state index >= 15 is 0 Å². The van der Waals surface area contributed by atoms with Crippen molar-refractivity contribution < 1.29 is 42.8 Å². The van der Waals surface area contributed by atoms with Gasteiger partial charge in [-0.25, -0.2) is 0 Å². The fourth-order valence-electron chi connectivity index (χ4n) is 2.02. The summed E-state index contributed by atoms with van der Waals surface area (Å²) in [5.41, 5.74) is -0.377. The minimum atomic E-state index is -0.377. The third-order valence-corrected chi connectivity index (χ3v) is 3.79. The molecule has 0 radical (unpaired) electrons. The minimum Gasteiger partial charge on any atom is -0.469 e. The van der Waals surface area contributed by atoms with Crippen LogP contribution in [0.5, 0.6) is 0 Å². The van der Waals surface area contributed by atoms with E-state index in [1.54, 1.807) is 0 Å². The summed E-state index contributed by atoms with van der Waals surface area (Å²) in [7, 11) is 3.98. The second kappa shape index (κ2) is 15.4. The molecular weight excluding hydrogens is 360 g/mol. The van der Waals surface area contributed by atoms with Gasteiger partial charge in [0.05, 0.1) is 73.6 Å². The summed E-state index contributed by atoms with van der Waals surface area (Å²) in [6.07, 6.45) is 1.15. The van der Waals surface area contributed by atoms with Gasteiger partial charge in [0.15, 0.2) is 0 Å². The zero-order valence-corrected chi connectivity index (χ0v) is 16.7. The van der Waals surface area contributed by atoms with Crippen LogP contribution in [0, 0.1) is 5.41 Å². The maximum Gasteiger partial charge on any atom is 0.307 e. The zero-order chi connectivity index (χ0) is 20.5. The van der Waals surface area contributed by atoms with Crippen molar-refractivity contribution in [3.63, 3.8) is 0 Å². The Morgan fingerprint density at radius 2 is 1.00 bits per heavy atom. The van der Waals surface area contributed by atoms with Crippen molar-refractivity contribution in [1.82, 2.24) is 0 Å². The normalized spacial score (nSPS) is 11.1. The van der Waals surface area contributed by atoms with E-state index < -0.39 is 0 Å². The van der Waals surface area contributed by atoms with E-state index in [1.807, 2.05) is 6.92 Å². The topological polar surface area (TPSA) is 107 Å². The Morgan fingerprint density at radius 3 is 1.37 bits per heavy atom. The summed E-state index contributed by atoms with van der Waals surface area (Å²) in [6.45, 7) is 3.84. The van der Waals surface area contributed by atoms with Gasteiger partial charge in [-0.2, -0.15) is 0 Å². The first-order valence-corrected chi connectivity index (χ1v) is 8.80. The molecule has 0 aromatic carbocycles. The van der Waals surface area contributed by atoms with Crippen LogP contribution in [-0.4, -0.2) is 78.9 Å². The lowest BCUT2D eigenvalue weighted by atomic mass is 9.89. The largest absolute Gasteiger partial charge is 0.469 e. The van der Waals surface area contributed by atoms with Crippen LogP contribution in [0.3, 0.4) is 0 Å². The number of carbonyl (C=O) groups excluding carboxylic acids is 3. The zero-order valence-electron chi connectivity index (χ0n) is 16.7. The molecule has 0 spiro atoms. The first-order valence-electron chi connectivity index (χ1n) is 8.80. The van der Waals surface area contributed by atoms with Gasteiger partial charge in [0.25, 0.3) is 0 Å². The third-order valence-electron chi connectivity index (χ3n) is 3.79. The lowest BCUT2D eigenvalue weighted by Gasteiger charge is -2.29. The minimum absolute atomic E-state index is 0.172. The van der Waals surface area contributed by atoms with Gasteiger partial charge in [0.1, 0.15) is 0 Å². The number of methoxy groups -OCH3 is 3. The Morgan fingerprint density at radius 1 is 0.630 bits per heavy atom. The van der Waals surface area contributed by atoms with Gasteiger partial charge in [-0.15, -0.1) is 0 Å². The molecule has 0 aliphatic rings. The number of esters is 3. The number of carbonyl (C=O) groups is 3. The molecule has 0 rings (SSSR count). The molecule has 27 heavy (non-hydrogen) atoms. The maximum absolute atomic E-state index is 11.1. The summed E-state index contributed by atoms with van der Waals surface area (Å²) < 4.78 is 30.3. The highest BCUT2D eigenvalue weighted by atomic mass is 16.5. The Kier molecular flexibility index (Phi) is 14.4. The number of rotatable bonds is 16. The van der Waals surface area contributed by atoms with Crippen molar-refractivity contribution >= 4 is 17.9 Å². The van der Waals surface area contributed by atoms with E-state index in [2.05, 4.69) is 14.2 Å². The molecule has 0 bridgehead atoms. The second-order valence-electron chi connectivity index (χ2n) is 6.26. The number of ether oxygens (including phenoxy) is 6. The first-order chi connectivity index (χ1) is 12.9. The number of hydrogen-bond donors (Lipinski definition) is 0. The van der Waals surface area contributed by atoms with Crippen molar-refractivity contribution in [3.05, 3.63) is 0 Å². The molecule has 0 heterocycles. The van der Waals surface area contributed by atoms with Crippen molar-refractivity contribution in [1.29, 1.82) is 0 Å². The van der Waals surface area contributed by atoms with Gasteiger partial charge in [-0.1, -0.05) is 6.92 Å². The summed E-state index contributed by atoms with van der Waals surface area (Å²) >= 11 is 0. The van der Waals surface area contributed by atoms with Crippen molar-refractivity contribution in [2.45, 2.75) is 32.6 Å². The molecule has 158 valence electrons.